The lowest BCUT2D eigenvalue weighted by molar-refractivity contribution is -0.143. The Labute approximate surface area is 198 Å². The number of ether oxygens (including phenoxy) is 2. The highest BCUT2D eigenvalue weighted by atomic mass is 16.5. The molecule has 1 aliphatic carbocycles. The Balaban J connectivity index is 1.64. The Bertz CT molecular complexity index is 880. The van der Waals surface area contributed by atoms with E-state index in [0.717, 1.165) is 42.6 Å². The van der Waals surface area contributed by atoms with Crippen molar-refractivity contribution in [1.82, 2.24) is 0 Å². The van der Waals surface area contributed by atoms with Gasteiger partial charge in [0, 0.05) is 36.7 Å². The van der Waals surface area contributed by atoms with Crippen molar-refractivity contribution < 1.29 is 24.5 Å². The second-order valence-corrected chi connectivity index (χ2v) is 9.31. The second-order valence-electron chi connectivity index (χ2n) is 9.31. The minimum Gasteiger partial charge on any atom is -0.489 e. The summed E-state index contributed by atoms with van der Waals surface area (Å²) in [6.45, 7) is 6.35. The average Bonchev–Trinajstić information content (AvgIpc) is 3.31. The van der Waals surface area contributed by atoms with Crippen LogP contribution in [0.4, 0.5) is 0 Å². The van der Waals surface area contributed by atoms with E-state index in [2.05, 4.69) is 30.9 Å². The Morgan fingerprint density at radius 2 is 2.18 bits per heavy atom. The summed E-state index contributed by atoms with van der Waals surface area (Å²) in [5.74, 6) is 6.66. The average molecular weight is 455 g/mol. The van der Waals surface area contributed by atoms with Crippen LogP contribution in [-0.2, 0) is 16.0 Å². The third-order valence-electron chi connectivity index (χ3n) is 6.79. The van der Waals surface area contributed by atoms with Crippen molar-refractivity contribution in [1.29, 1.82) is 0 Å². The predicted molar refractivity (Wildman–Crippen MR) is 129 cm³/mol. The number of aliphatic hydroxyl groups is 2. The molecular weight excluding hydrogens is 416 g/mol. The molecule has 1 aromatic carbocycles. The number of para-hydroxylation sites is 1. The van der Waals surface area contributed by atoms with Crippen LogP contribution in [0.3, 0.4) is 0 Å². The molecule has 0 spiro atoms. The maximum absolute atomic E-state index is 11.9. The fraction of sp³-hybridized carbons (Fsp3) is 0.607. The van der Waals surface area contributed by atoms with Crippen molar-refractivity contribution in [3.8, 4) is 17.6 Å². The molecule has 0 aromatic heterocycles. The summed E-state index contributed by atoms with van der Waals surface area (Å²) in [5.41, 5.74) is 2.22. The molecule has 0 amide bonds. The molecule has 1 heterocycles. The highest BCUT2D eigenvalue weighted by Crippen LogP contribution is 2.52. The van der Waals surface area contributed by atoms with Gasteiger partial charge in [0.05, 0.1) is 18.8 Å². The normalized spacial score (nSPS) is 25.0. The van der Waals surface area contributed by atoms with Crippen LogP contribution in [0.15, 0.2) is 30.4 Å². The van der Waals surface area contributed by atoms with Gasteiger partial charge in [-0.05, 0) is 37.7 Å². The Morgan fingerprint density at radius 1 is 1.36 bits per heavy atom. The first kappa shape index (κ1) is 25.3. The van der Waals surface area contributed by atoms with Gasteiger partial charge >= 0.3 is 5.97 Å². The Morgan fingerprint density at radius 3 is 2.94 bits per heavy atom. The van der Waals surface area contributed by atoms with Crippen molar-refractivity contribution in [2.24, 2.45) is 11.8 Å². The largest absolute Gasteiger partial charge is 0.489 e. The fourth-order valence-electron chi connectivity index (χ4n) is 4.81. The van der Waals surface area contributed by atoms with Crippen LogP contribution < -0.4 is 4.74 Å². The fourth-order valence-corrected chi connectivity index (χ4v) is 4.81. The number of hydrogen-bond acceptors (Lipinski definition) is 5. The topological polar surface area (TPSA) is 76.0 Å². The first-order chi connectivity index (χ1) is 16.0. The molecule has 1 aromatic rings. The summed E-state index contributed by atoms with van der Waals surface area (Å²) in [6.07, 6.45) is 7.63. The first-order valence-electron chi connectivity index (χ1n) is 12.3. The van der Waals surface area contributed by atoms with E-state index in [-0.39, 0.29) is 29.8 Å². The van der Waals surface area contributed by atoms with Gasteiger partial charge in [0.2, 0.25) is 0 Å². The van der Waals surface area contributed by atoms with Gasteiger partial charge in [-0.3, -0.25) is 4.79 Å². The predicted octanol–water partition coefficient (Wildman–Crippen LogP) is 4.54. The van der Waals surface area contributed by atoms with Crippen LogP contribution in [0.1, 0.15) is 76.3 Å². The maximum atomic E-state index is 11.9. The second kappa shape index (κ2) is 12.3. The molecule has 2 N–H and O–H groups in total. The summed E-state index contributed by atoms with van der Waals surface area (Å²) in [6, 6.07) is 6.17. The third-order valence-corrected chi connectivity index (χ3v) is 6.79. The van der Waals surface area contributed by atoms with Gasteiger partial charge in [-0.1, -0.05) is 50.6 Å². The lowest BCUT2D eigenvalue weighted by Crippen LogP contribution is -2.19. The van der Waals surface area contributed by atoms with Crippen LogP contribution in [0.25, 0.3) is 0 Å². The number of benzene rings is 1. The van der Waals surface area contributed by atoms with Gasteiger partial charge in [0.15, 0.2) is 0 Å². The van der Waals surface area contributed by atoms with Crippen LogP contribution in [0.5, 0.6) is 5.75 Å². The summed E-state index contributed by atoms with van der Waals surface area (Å²) in [7, 11) is 0. The number of aryl methyl sites for hydroxylation is 1. The zero-order valence-electron chi connectivity index (χ0n) is 20.1. The lowest BCUT2D eigenvalue weighted by atomic mass is 9.86. The summed E-state index contributed by atoms with van der Waals surface area (Å²) in [5, 5.41) is 21.2. The summed E-state index contributed by atoms with van der Waals surface area (Å²) >= 11 is 0. The van der Waals surface area contributed by atoms with Gasteiger partial charge in [0.25, 0.3) is 0 Å². The molecule has 33 heavy (non-hydrogen) atoms. The lowest BCUT2D eigenvalue weighted by Gasteiger charge is -2.19. The molecule has 1 saturated carbocycles. The molecule has 5 heteroatoms. The number of hydrogen-bond donors (Lipinski definition) is 2. The molecule has 6 atom stereocenters. The zero-order valence-corrected chi connectivity index (χ0v) is 20.1. The van der Waals surface area contributed by atoms with E-state index in [0.29, 0.717) is 25.9 Å². The maximum Gasteiger partial charge on any atom is 0.305 e. The van der Waals surface area contributed by atoms with E-state index < -0.39 is 12.2 Å². The molecule has 5 nitrogen and oxygen atoms in total. The molecule has 0 saturated heterocycles. The summed E-state index contributed by atoms with van der Waals surface area (Å²) in [4.78, 5) is 11.9. The molecule has 2 aliphatic rings. The number of unbranched alkanes of at least 4 members (excludes halogenated alkanes) is 1. The number of carbonyl (C=O) groups excluding carboxylic acids is 1. The van der Waals surface area contributed by atoms with Crippen LogP contribution in [-0.4, -0.2) is 41.1 Å². The monoisotopic (exact) mass is 454 g/mol. The van der Waals surface area contributed by atoms with Crippen LogP contribution in [0, 0.1) is 23.7 Å². The standard InChI is InChI=1S/C28H38O5/c1-4-6-10-19(3)23(29)16-15-21-24(30)18-25-27(21)22-13-8-11-20(28(22)33-25)12-9-14-26(31)32-17-7-5-2/h8,11,13,15-16,19,21,23-25,27,29-30H,5,7,9-10,12,14,17-18H2,1-3H3/b16-15+/t19-,21-,23+,24+,25-,27-/m0/s1. The number of fused-ring (bicyclic) bond motifs is 3. The highest BCUT2D eigenvalue weighted by Gasteiger charge is 2.48. The molecule has 180 valence electrons. The Kier molecular flexibility index (Phi) is 9.41. The van der Waals surface area contributed by atoms with Crippen molar-refractivity contribution in [2.45, 2.75) is 89.9 Å². The molecule has 0 unspecified atom stereocenters. The van der Waals surface area contributed by atoms with E-state index >= 15 is 0 Å². The number of rotatable bonds is 11. The van der Waals surface area contributed by atoms with E-state index in [4.69, 9.17) is 9.47 Å². The third kappa shape index (κ3) is 6.40. The van der Waals surface area contributed by atoms with Crippen LogP contribution in [0.2, 0.25) is 0 Å². The molecular formula is C28H38O5. The molecule has 0 bridgehead atoms. The van der Waals surface area contributed by atoms with Gasteiger partial charge in [0.1, 0.15) is 11.9 Å². The zero-order chi connectivity index (χ0) is 23.8. The molecule has 3 rings (SSSR count). The van der Waals surface area contributed by atoms with Crippen molar-refractivity contribution >= 4 is 5.97 Å². The first-order valence-corrected chi connectivity index (χ1v) is 12.3. The van der Waals surface area contributed by atoms with Crippen molar-refractivity contribution in [2.75, 3.05) is 6.61 Å². The number of aliphatic hydroxyl groups excluding tert-OH is 2. The molecule has 1 fully saturated rings. The van der Waals surface area contributed by atoms with E-state index in [1.165, 1.54) is 0 Å². The molecule has 0 radical (unpaired) electrons. The minimum atomic E-state index is -0.595. The quantitative estimate of drug-likeness (QED) is 0.222. The van der Waals surface area contributed by atoms with E-state index in [9.17, 15) is 15.0 Å². The molecule has 1 aliphatic heterocycles. The minimum absolute atomic E-state index is 0.0374. The Hall–Kier alpha value is -2.29. The van der Waals surface area contributed by atoms with Gasteiger partial charge in [-0.25, -0.2) is 0 Å². The smallest absolute Gasteiger partial charge is 0.305 e. The highest BCUT2D eigenvalue weighted by molar-refractivity contribution is 5.69. The van der Waals surface area contributed by atoms with Crippen molar-refractivity contribution in [3.05, 3.63) is 41.5 Å². The summed E-state index contributed by atoms with van der Waals surface area (Å²) < 4.78 is 11.6. The van der Waals surface area contributed by atoms with Gasteiger partial charge in [-0.15, -0.1) is 11.8 Å². The van der Waals surface area contributed by atoms with E-state index in [1.807, 2.05) is 25.1 Å². The number of esters is 1. The van der Waals surface area contributed by atoms with Crippen LogP contribution >= 0.6 is 0 Å². The van der Waals surface area contributed by atoms with Gasteiger partial charge < -0.3 is 19.7 Å². The van der Waals surface area contributed by atoms with Gasteiger partial charge in [-0.2, -0.15) is 0 Å². The van der Waals surface area contributed by atoms with E-state index in [1.54, 1.807) is 6.92 Å². The van der Waals surface area contributed by atoms with Crippen molar-refractivity contribution in [3.63, 3.8) is 0 Å². The SMILES string of the molecule is CC#CC[C@H](C)[C@H](O)/C=C/[C@@H]1[C@H]2c3cccc(CCCC(=O)OCCCC)c3O[C@H]2C[C@H]1O. The number of carbonyl (C=O) groups is 1.